The van der Waals surface area contributed by atoms with Gasteiger partial charge in [-0.2, -0.15) is 0 Å². The van der Waals surface area contributed by atoms with Crippen LogP contribution in [0.5, 0.6) is 0 Å². The predicted molar refractivity (Wildman–Crippen MR) is 81.2 cm³/mol. The summed E-state index contributed by atoms with van der Waals surface area (Å²) in [4.78, 5) is 11.3. The molecular weight excluding hydrogens is 376 g/mol. The first kappa shape index (κ1) is 14.8. The summed E-state index contributed by atoms with van der Waals surface area (Å²) < 4.78 is 23.8. The molecular formula is C14H13FINO3. The standard InChI is InChI=1S/C14H13FINO3/c1-8(12-5-6-13(20-12)14(18)19-2)17-11-4-3-9(15)7-10(11)16/h3-8,17H,1-2H3. The Balaban J connectivity index is 2.13. The zero-order valence-corrected chi connectivity index (χ0v) is 13.1. The fourth-order valence-electron chi connectivity index (χ4n) is 1.71. The van der Waals surface area contributed by atoms with Crippen molar-refractivity contribution in [2.45, 2.75) is 13.0 Å². The molecule has 1 atom stereocenters. The first-order valence-electron chi connectivity index (χ1n) is 5.91. The molecule has 20 heavy (non-hydrogen) atoms. The maximum Gasteiger partial charge on any atom is 0.373 e. The van der Waals surface area contributed by atoms with Gasteiger partial charge in [0.1, 0.15) is 11.6 Å². The second-order valence-corrected chi connectivity index (χ2v) is 5.35. The maximum absolute atomic E-state index is 13.0. The number of rotatable bonds is 4. The van der Waals surface area contributed by atoms with E-state index in [0.717, 1.165) is 9.26 Å². The highest BCUT2D eigenvalue weighted by atomic mass is 127. The number of methoxy groups -OCH3 is 1. The van der Waals surface area contributed by atoms with E-state index in [1.807, 2.05) is 6.92 Å². The van der Waals surface area contributed by atoms with Crippen molar-refractivity contribution in [2.24, 2.45) is 0 Å². The zero-order valence-electron chi connectivity index (χ0n) is 10.9. The highest BCUT2D eigenvalue weighted by molar-refractivity contribution is 14.1. The van der Waals surface area contributed by atoms with E-state index in [1.165, 1.54) is 19.2 Å². The summed E-state index contributed by atoms with van der Waals surface area (Å²) in [6.45, 7) is 1.89. The first-order valence-corrected chi connectivity index (χ1v) is 6.98. The van der Waals surface area contributed by atoms with Crippen molar-refractivity contribution in [1.82, 2.24) is 0 Å². The van der Waals surface area contributed by atoms with E-state index in [0.29, 0.717) is 5.76 Å². The topological polar surface area (TPSA) is 51.5 Å². The van der Waals surface area contributed by atoms with Crippen LogP contribution in [0.1, 0.15) is 29.3 Å². The molecule has 6 heteroatoms. The number of furan rings is 1. The molecule has 0 aliphatic rings. The lowest BCUT2D eigenvalue weighted by atomic mass is 10.2. The average molecular weight is 389 g/mol. The molecule has 2 rings (SSSR count). The molecule has 0 bridgehead atoms. The molecule has 1 N–H and O–H groups in total. The van der Waals surface area contributed by atoms with Crippen LogP contribution in [0.15, 0.2) is 34.7 Å². The molecule has 0 aliphatic heterocycles. The van der Waals surface area contributed by atoms with Gasteiger partial charge < -0.3 is 14.5 Å². The van der Waals surface area contributed by atoms with Crippen molar-refractivity contribution in [3.8, 4) is 0 Å². The van der Waals surface area contributed by atoms with Crippen LogP contribution in [0.25, 0.3) is 0 Å². The molecule has 2 aromatic rings. The Bertz CT molecular complexity index is 627. The number of esters is 1. The molecule has 106 valence electrons. The summed E-state index contributed by atoms with van der Waals surface area (Å²) in [6, 6.07) is 7.61. The monoisotopic (exact) mass is 389 g/mol. The van der Waals surface area contributed by atoms with Crippen LogP contribution in [0.2, 0.25) is 0 Å². The van der Waals surface area contributed by atoms with E-state index in [1.54, 1.807) is 18.2 Å². The van der Waals surface area contributed by atoms with Crippen molar-refractivity contribution >= 4 is 34.2 Å². The molecule has 1 unspecified atom stereocenters. The molecule has 0 fully saturated rings. The lowest BCUT2D eigenvalue weighted by Crippen LogP contribution is -2.07. The van der Waals surface area contributed by atoms with Gasteiger partial charge in [0, 0.05) is 9.26 Å². The van der Waals surface area contributed by atoms with Gasteiger partial charge in [0.25, 0.3) is 0 Å². The third-order valence-electron chi connectivity index (χ3n) is 2.74. The Kier molecular flexibility index (Phi) is 4.64. The van der Waals surface area contributed by atoms with Crippen LogP contribution >= 0.6 is 22.6 Å². The number of hydrogen-bond acceptors (Lipinski definition) is 4. The van der Waals surface area contributed by atoms with E-state index in [2.05, 4.69) is 32.6 Å². The molecule has 1 aromatic heterocycles. The van der Waals surface area contributed by atoms with Crippen LogP contribution in [0.4, 0.5) is 10.1 Å². The highest BCUT2D eigenvalue weighted by Gasteiger charge is 2.16. The summed E-state index contributed by atoms with van der Waals surface area (Å²) in [7, 11) is 1.30. The van der Waals surface area contributed by atoms with E-state index in [4.69, 9.17) is 4.42 Å². The van der Waals surface area contributed by atoms with Gasteiger partial charge >= 0.3 is 5.97 Å². The fourth-order valence-corrected chi connectivity index (χ4v) is 2.34. The third-order valence-corrected chi connectivity index (χ3v) is 3.64. The van der Waals surface area contributed by atoms with Crippen LogP contribution in [0, 0.1) is 9.39 Å². The van der Waals surface area contributed by atoms with Crippen molar-refractivity contribution in [3.63, 3.8) is 0 Å². The summed E-state index contributed by atoms with van der Waals surface area (Å²) in [5.41, 5.74) is 0.801. The average Bonchev–Trinajstić information content (AvgIpc) is 2.90. The molecule has 0 aliphatic carbocycles. The van der Waals surface area contributed by atoms with E-state index >= 15 is 0 Å². The van der Waals surface area contributed by atoms with Gasteiger partial charge in [-0.3, -0.25) is 0 Å². The number of carbonyl (C=O) groups is 1. The molecule has 0 saturated carbocycles. The number of carbonyl (C=O) groups excluding carboxylic acids is 1. The van der Waals surface area contributed by atoms with Crippen LogP contribution in [-0.2, 0) is 4.74 Å². The maximum atomic E-state index is 13.0. The second kappa shape index (κ2) is 6.25. The fraction of sp³-hybridized carbons (Fsp3) is 0.214. The number of halogens is 2. The van der Waals surface area contributed by atoms with Gasteiger partial charge in [-0.15, -0.1) is 0 Å². The van der Waals surface area contributed by atoms with E-state index < -0.39 is 5.97 Å². The van der Waals surface area contributed by atoms with Crippen molar-refractivity contribution in [2.75, 3.05) is 12.4 Å². The van der Waals surface area contributed by atoms with E-state index in [9.17, 15) is 9.18 Å². The van der Waals surface area contributed by atoms with Gasteiger partial charge in [0.05, 0.1) is 13.2 Å². The van der Waals surface area contributed by atoms with Crippen molar-refractivity contribution in [1.29, 1.82) is 0 Å². The van der Waals surface area contributed by atoms with Gasteiger partial charge in [-0.05, 0) is 59.8 Å². The second-order valence-electron chi connectivity index (χ2n) is 4.18. The summed E-state index contributed by atoms with van der Waals surface area (Å²) >= 11 is 2.05. The molecule has 0 amide bonds. The summed E-state index contributed by atoms with van der Waals surface area (Å²) in [5.74, 6) is -0.0335. The summed E-state index contributed by atoms with van der Waals surface area (Å²) in [5, 5.41) is 3.20. The first-order chi connectivity index (χ1) is 9.51. The smallest absolute Gasteiger partial charge is 0.373 e. The molecule has 1 heterocycles. The molecule has 0 radical (unpaired) electrons. The third kappa shape index (κ3) is 3.30. The van der Waals surface area contributed by atoms with Crippen molar-refractivity contribution in [3.05, 3.63) is 51.2 Å². The Morgan fingerprint density at radius 1 is 1.40 bits per heavy atom. The minimum Gasteiger partial charge on any atom is -0.463 e. The number of nitrogens with one attached hydrogen (secondary N) is 1. The van der Waals surface area contributed by atoms with Gasteiger partial charge in [0.15, 0.2) is 0 Å². The Morgan fingerprint density at radius 3 is 2.80 bits per heavy atom. The SMILES string of the molecule is COC(=O)c1ccc(C(C)Nc2ccc(F)cc2I)o1. The number of benzene rings is 1. The molecule has 1 aromatic carbocycles. The predicted octanol–water partition coefficient (Wildman–Crippen LogP) is 3.98. The largest absolute Gasteiger partial charge is 0.463 e. The van der Waals surface area contributed by atoms with Crippen LogP contribution < -0.4 is 5.32 Å². The minimum atomic E-state index is -0.514. The number of hydrogen-bond donors (Lipinski definition) is 1. The lowest BCUT2D eigenvalue weighted by Gasteiger charge is -2.14. The highest BCUT2D eigenvalue weighted by Crippen LogP contribution is 2.25. The minimum absolute atomic E-state index is 0.157. The van der Waals surface area contributed by atoms with E-state index in [-0.39, 0.29) is 17.6 Å². The van der Waals surface area contributed by atoms with Gasteiger partial charge in [-0.1, -0.05) is 0 Å². The van der Waals surface area contributed by atoms with Crippen molar-refractivity contribution < 1.29 is 18.3 Å². The van der Waals surface area contributed by atoms with Crippen LogP contribution in [-0.4, -0.2) is 13.1 Å². The Labute approximate surface area is 129 Å². The quantitative estimate of drug-likeness (QED) is 0.635. The van der Waals surface area contributed by atoms with Gasteiger partial charge in [0.2, 0.25) is 5.76 Å². The Hall–Kier alpha value is -1.57. The normalized spacial score (nSPS) is 12.0. The molecule has 4 nitrogen and oxygen atoms in total. The molecule has 0 spiro atoms. The Morgan fingerprint density at radius 2 is 2.15 bits per heavy atom. The summed E-state index contributed by atoms with van der Waals surface area (Å²) in [6.07, 6.45) is 0. The van der Waals surface area contributed by atoms with Gasteiger partial charge in [-0.25, -0.2) is 9.18 Å². The number of ether oxygens (including phenoxy) is 1. The number of anilines is 1. The molecule has 0 saturated heterocycles. The van der Waals surface area contributed by atoms with Crippen LogP contribution in [0.3, 0.4) is 0 Å². The lowest BCUT2D eigenvalue weighted by molar-refractivity contribution is 0.0562. The zero-order chi connectivity index (χ0) is 14.7.